The number of unbranched alkanes of at least 4 members (excludes halogenated alkanes) is 2. The van der Waals surface area contributed by atoms with Crippen molar-refractivity contribution in [3.63, 3.8) is 0 Å². The second-order valence-electron chi connectivity index (χ2n) is 8.20. The number of rotatable bonds is 13. The summed E-state index contributed by atoms with van der Waals surface area (Å²) in [6.07, 6.45) is 4.71. The zero-order chi connectivity index (χ0) is 23.6. The van der Waals surface area contributed by atoms with E-state index in [2.05, 4.69) is 6.92 Å². The highest BCUT2D eigenvalue weighted by Crippen LogP contribution is 2.29. The van der Waals surface area contributed by atoms with Crippen molar-refractivity contribution in [3.05, 3.63) is 51.7 Å². The number of thiophene rings is 1. The van der Waals surface area contributed by atoms with Gasteiger partial charge in [-0.15, -0.1) is 11.3 Å². The van der Waals surface area contributed by atoms with Crippen LogP contribution in [0.1, 0.15) is 71.7 Å². The van der Waals surface area contributed by atoms with E-state index in [1.54, 1.807) is 11.0 Å². The summed E-state index contributed by atoms with van der Waals surface area (Å²) < 4.78 is 10.8. The predicted octanol–water partition coefficient (Wildman–Crippen LogP) is 4.22. The maximum Gasteiger partial charge on any atom is 0.348 e. The van der Waals surface area contributed by atoms with Gasteiger partial charge in [-0.2, -0.15) is 0 Å². The first-order valence-corrected chi connectivity index (χ1v) is 12.4. The number of carbonyl (C=O) groups excluding carboxylic acids is 2. The molecule has 1 amide bonds. The third-order valence-corrected chi connectivity index (χ3v) is 6.74. The molecule has 3 rings (SSSR count). The standard InChI is InChI=1S/C25H33NO6S/c1-2-3-4-5-22(28)18-6-8-19(9-7-18)26-20(10-13-24(26)29)16-31-17-21-11-12-23(33-21)25(30)32-15-14-27/h6-9,11-12,20,22,27-28H,2-5,10,13-17H2,1H3/t20?,22-/m0/s1. The van der Waals surface area contributed by atoms with Crippen LogP contribution in [0.4, 0.5) is 5.69 Å². The van der Waals surface area contributed by atoms with Crippen LogP contribution in [0.25, 0.3) is 0 Å². The lowest BCUT2D eigenvalue weighted by Gasteiger charge is -2.25. The molecule has 1 aromatic carbocycles. The van der Waals surface area contributed by atoms with E-state index in [9.17, 15) is 14.7 Å². The number of ether oxygens (including phenoxy) is 2. The summed E-state index contributed by atoms with van der Waals surface area (Å²) in [5.74, 6) is -0.378. The second kappa shape index (κ2) is 12.8. The highest BCUT2D eigenvalue weighted by Gasteiger charge is 2.32. The van der Waals surface area contributed by atoms with Crippen molar-refractivity contribution >= 4 is 28.9 Å². The van der Waals surface area contributed by atoms with Gasteiger partial charge in [0.25, 0.3) is 0 Å². The molecule has 1 aliphatic rings. The van der Waals surface area contributed by atoms with Gasteiger partial charge in [-0.05, 0) is 42.7 Å². The van der Waals surface area contributed by atoms with E-state index >= 15 is 0 Å². The van der Waals surface area contributed by atoms with Gasteiger partial charge < -0.3 is 24.6 Å². The molecule has 1 unspecified atom stereocenters. The summed E-state index contributed by atoms with van der Waals surface area (Å²) in [4.78, 5) is 27.5. The van der Waals surface area contributed by atoms with Crippen LogP contribution in [0.2, 0.25) is 0 Å². The smallest absolute Gasteiger partial charge is 0.348 e. The van der Waals surface area contributed by atoms with E-state index in [1.165, 1.54) is 11.3 Å². The fraction of sp³-hybridized carbons (Fsp3) is 0.520. The zero-order valence-corrected chi connectivity index (χ0v) is 19.9. The molecule has 8 heteroatoms. The van der Waals surface area contributed by atoms with E-state index in [4.69, 9.17) is 14.6 Å². The predicted molar refractivity (Wildman–Crippen MR) is 127 cm³/mol. The number of amides is 1. The Kier molecular flexibility index (Phi) is 9.87. The highest BCUT2D eigenvalue weighted by atomic mass is 32.1. The highest BCUT2D eigenvalue weighted by molar-refractivity contribution is 7.13. The third-order valence-electron chi connectivity index (χ3n) is 5.70. The number of aliphatic hydroxyl groups is 2. The molecule has 0 aliphatic carbocycles. The molecule has 2 N–H and O–H groups in total. The number of aliphatic hydroxyl groups excluding tert-OH is 2. The largest absolute Gasteiger partial charge is 0.459 e. The zero-order valence-electron chi connectivity index (χ0n) is 19.1. The quantitative estimate of drug-likeness (QED) is 0.333. The van der Waals surface area contributed by atoms with E-state index in [-0.39, 0.29) is 25.2 Å². The fourth-order valence-corrected chi connectivity index (χ4v) is 4.78. The number of hydrogen-bond donors (Lipinski definition) is 2. The Morgan fingerprint density at radius 3 is 2.73 bits per heavy atom. The number of nitrogens with zero attached hydrogens (tertiary/aromatic N) is 1. The Hall–Kier alpha value is -2.26. The molecule has 180 valence electrons. The SMILES string of the molecule is CCCCC[C@H](O)c1ccc(N2C(=O)CCC2COCc2ccc(C(=O)OCCO)s2)cc1. The molecule has 1 aliphatic heterocycles. The summed E-state index contributed by atoms with van der Waals surface area (Å²) in [6.45, 7) is 2.66. The van der Waals surface area contributed by atoms with Gasteiger partial charge in [-0.1, -0.05) is 38.3 Å². The van der Waals surface area contributed by atoms with E-state index in [0.717, 1.165) is 48.2 Å². The van der Waals surface area contributed by atoms with Crippen LogP contribution in [0.3, 0.4) is 0 Å². The van der Waals surface area contributed by atoms with E-state index in [0.29, 0.717) is 24.5 Å². The van der Waals surface area contributed by atoms with Crippen LogP contribution in [-0.2, 0) is 20.9 Å². The van der Waals surface area contributed by atoms with Crippen molar-refractivity contribution in [2.75, 3.05) is 24.7 Å². The maximum absolute atomic E-state index is 12.5. The first kappa shape index (κ1) is 25.4. The topological polar surface area (TPSA) is 96.3 Å². The third kappa shape index (κ3) is 7.11. The van der Waals surface area contributed by atoms with E-state index in [1.807, 2.05) is 30.3 Å². The first-order valence-electron chi connectivity index (χ1n) is 11.6. The molecule has 0 spiro atoms. The van der Waals surface area contributed by atoms with Gasteiger partial charge >= 0.3 is 5.97 Å². The number of esters is 1. The minimum Gasteiger partial charge on any atom is -0.459 e. The molecule has 0 saturated carbocycles. The van der Waals surface area contributed by atoms with E-state index < -0.39 is 12.1 Å². The molecule has 0 bridgehead atoms. The second-order valence-corrected chi connectivity index (χ2v) is 9.37. The van der Waals surface area contributed by atoms with Crippen molar-refractivity contribution in [2.24, 2.45) is 0 Å². The van der Waals surface area contributed by atoms with Crippen LogP contribution in [0.5, 0.6) is 0 Å². The molecule has 7 nitrogen and oxygen atoms in total. The molecule has 0 radical (unpaired) electrons. The molecule has 1 fully saturated rings. The summed E-state index contributed by atoms with van der Waals surface area (Å²) in [5, 5.41) is 19.1. The Balaban J connectivity index is 1.53. The molecular formula is C25H33NO6S. The Labute approximate surface area is 198 Å². The summed E-state index contributed by atoms with van der Waals surface area (Å²) in [6, 6.07) is 11.1. The molecular weight excluding hydrogens is 442 g/mol. The number of benzene rings is 1. The van der Waals surface area contributed by atoms with Crippen LogP contribution in [0, 0.1) is 0 Å². The van der Waals surface area contributed by atoms with Crippen molar-refractivity contribution in [1.82, 2.24) is 0 Å². The van der Waals surface area contributed by atoms with Gasteiger partial charge in [0.05, 0.1) is 32.0 Å². The molecule has 2 atom stereocenters. The lowest BCUT2D eigenvalue weighted by molar-refractivity contribution is -0.117. The molecule has 2 aromatic rings. The fourth-order valence-electron chi connectivity index (χ4n) is 3.94. The molecule has 1 aromatic heterocycles. The van der Waals surface area contributed by atoms with Crippen molar-refractivity contribution in [3.8, 4) is 0 Å². The Morgan fingerprint density at radius 1 is 1.21 bits per heavy atom. The van der Waals surface area contributed by atoms with Crippen LogP contribution >= 0.6 is 11.3 Å². The van der Waals surface area contributed by atoms with Crippen LogP contribution in [0.15, 0.2) is 36.4 Å². The molecule has 2 heterocycles. The summed E-state index contributed by atoms with van der Waals surface area (Å²) in [5.41, 5.74) is 1.70. The van der Waals surface area contributed by atoms with Crippen molar-refractivity contribution in [2.45, 2.75) is 64.2 Å². The normalized spacial score (nSPS) is 16.9. The average Bonchev–Trinajstić information content (AvgIpc) is 3.44. The minimum absolute atomic E-state index is 0.0209. The number of carbonyl (C=O) groups is 2. The lowest BCUT2D eigenvalue weighted by Crippen LogP contribution is -2.36. The first-order chi connectivity index (χ1) is 16.0. The van der Waals surface area contributed by atoms with Gasteiger partial charge in [-0.25, -0.2) is 4.79 Å². The molecule has 33 heavy (non-hydrogen) atoms. The van der Waals surface area contributed by atoms with Gasteiger partial charge in [0.2, 0.25) is 5.91 Å². The van der Waals surface area contributed by atoms with Gasteiger partial charge in [0.1, 0.15) is 11.5 Å². The summed E-state index contributed by atoms with van der Waals surface area (Å²) in [7, 11) is 0. The number of anilines is 1. The van der Waals surface area contributed by atoms with Crippen molar-refractivity contribution in [1.29, 1.82) is 0 Å². The monoisotopic (exact) mass is 475 g/mol. The number of hydrogen-bond acceptors (Lipinski definition) is 7. The van der Waals surface area contributed by atoms with Crippen LogP contribution < -0.4 is 4.90 Å². The lowest BCUT2D eigenvalue weighted by atomic mass is 10.0. The Bertz CT molecular complexity index is 897. The van der Waals surface area contributed by atoms with Crippen molar-refractivity contribution < 1.29 is 29.3 Å². The summed E-state index contributed by atoms with van der Waals surface area (Å²) >= 11 is 1.30. The molecule has 1 saturated heterocycles. The van der Waals surface area contributed by atoms with Gasteiger partial charge in [0.15, 0.2) is 0 Å². The minimum atomic E-state index is -0.476. The Morgan fingerprint density at radius 2 is 2.00 bits per heavy atom. The average molecular weight is 476 g/mol. The maximum atomic E-state index is 12.5. The van der Waals surface area contributed by atoms with Gasteiger partial charge in [-0.3, -0.25) is 4.79 Å². The van der Waals surface area contributed by atoms with Gasteiger partial charge in [0, 0.05) is 17.0 Å². The van der Waals surface area contributed by atoms with Crippen LogP contribution in [-0.4, -0.2) is 48.0 Å².